The zero-order chi connectivity index (χ0) is 13.1. The van der Waals surface area contributed by atoms with Crippen molar-refractivity contribution < 1.29 is 5.11 Å². The highest BCUT2D eigenvalue weighted by Crippen LogP contribution is 2.27. The Morgan fingerprint density at radius 1 is 1.50 bits per heavy atom. The minimum Gasteiger partial charge on any atom is -0.388 e. The molecule has 0 aliphatic heterocycles. The molecule has 1 heterocycles. The molecule has 1 atom stereocenters. The van der Waals surface area contributed by atoms with E-state index >= 15 is 0 Å². The Morgan fingerprint density at radius 2 is 2.28 bits per heavy atom. The third-order valence-electron chi connectivity index (χ3n) is 2.85. The normalized spacial score (nSPS) is 12.7. The molecule has 1 N–H and O–H groups in total. The third kappa shape index (κ3) is 2.94. The van der Waals surface area contributed by atoms with Gasteiger partial charge in [-0.15, -0.1) is 0 Å². The second-order valence-electron chi connectivity index (χ2n) is 4.02. The molecule has 0 spiro atoms. The number of aryl methyl sites for hydroxylation is 1. The third-order valence-corrected chi connectivity index (χ3v) is 4.06. The molecule has 0 aliphatic rings. The lowest BCUT2D eigenvalue weighted by atomic mass is 10.1. The van der Waals surface area contributed by atoms with Crippen molar-refractivity contribution in [3.63, 3.8) is 0 Å². The predicted octanol–water partition coefficient (Wildman–Crippen LogP) is 3.60. The number of aliphatic hydroxyl groups excluding tert-OH is 1. The van der Waals surface area contributed by atoms with Crippen LogP contribution in [-0.2, 0) is 13.0 Å². The van der Waals surface area contributed by atoms with Gasteiger partial charge in [-0.3, -0.25) is 0 Å². The molecule has 18 heavy (non-hydrogen) atoms. The minimum atomic E-state index is -0.578. The van der Waals surface area contributed by atoms with Crippen LogP contribution in [0.3, 0.4) is 0 Å². The summed E-state index contributed by atoms with van der Waals surface area (Å²) in [6.07, 6.45) is 3.59. The number of nitrogens with zero attached hydrogens (tertiary/aromatic N) is 2. The number of hydrogen-bond donors (Lipinski definition) is 1. The first-order valence-electron chi connectivity index (χ1n) is 5.74. The van der Waals surface area contributed by atoms with E-state index in [9.17, 15) is 5.11 Å². The van der Waals surface area contributed by atoms with Crippen molar-refractivity contribution in [2.75, 3.05) is 0 Å². The molecule has 0 radical (unpaired) electrons. The molecule has 1 aromatic carbocycles. The average molecular weight is 330 g/mol. The van der Waals surface area contributed by atoms with Gasteiger partial charge in [0, 0.05) is 29.8 Å². The summed E-state index contributed by atoms with van der Waals surface area (Å²) in [6.45, 7) is 2.91. The lowest BCUT2D eigenvalue weighted by molar-refractivity contribution is 0.174. The maximum Gasteiger partial charge on any atom is 0.111 e. The van der Waals surface area contributed by atoms with Crippen LogP contribution in [0.25, 0.3) is 0 Å². The lowest BCUT2D eigenvalue weighted by Crippen LogP contribution is -2.08. The Hall–Kier alpha value is -0.840. The summed E-state index contributed by atoms with van der Waals surface area (Å²) in [7, 11) is 0. The molecule has 0 aliphatic carbocycles. The minimum absolute atomic E-state index is 0.495. The van der Waals surface area contributed by atoms with E-state index in [1.54, 1.807) is 12.3 Å². The Bertz CT molecular complexity index is 542. The molecule has 0 saturated heterocycles. The van der Waals surface area contributed by atoms with E-state index in [0.717, 1.165) is 22.4 Å². The Labute approximate surface area is 120 Å². The van der Waals surface area contributed by atoms with Gasteiger partial charge in [0.15, 0.2) is 0 Å². The first-order chi connectivity index (χ1) is 8.61. The number of hydrogen-bond acceptors (Lipinski definition) is 2. The van der Waals surface area contributed by atoms with Gasteiger partial charge in [0.25, 0.3) is 0 Å². The van der Waals surface area contributed by atoms with Crippen molar-refractivity contribution in [2.24, 2.45) is 0 Å². The first kappa shape index (κ1) is 13.6. The van der Waals surface area contributed by atoms with Crippen molar-refractivity contribution in [2.45, 2.75) is 26.0 Å². The molecule has 3 nitrogen and oxygen atoms in total. The summed E-state index contributed by atoms with van der Waals surface area (Å²) in [5, 5.41) is 10.9. The highest BCUT2D eigenvalue weighted by Gasteiger charge is 2.13. The fraction of sp³-hybridized carbons (Fsp3) is 0.308. The van der Waals surface area contributed by atoms with E-state index in [2.05, 4.69) is 27.8 Å². The molecule has 2 rings (SSSR count). The van der Waals surface area contributed by atoms with Gasteiger partial charge in [0.1, 0.15) is 5.82 Å². The topological polar surface area (TPSA) is 38.0 Å². The van der Waals surface area contributed by atoms with Crippen LogP contribution >= 0.6 is 27.5 Å². The van der Waals surface area contributed by atoms with Gasteiger partial charge in [-0.25, -0.2) is 4.98 Å². The maximum atomic E-state index is 10.2. The van der Waals surface area contributed by atoms with Crippen LogP contribution < -0.4 is 0 Å². The molecule has 5 heteroatoms. The van der Waals surface area contributed by atoms with Crippen LogP contribution in [0, 0.1) is 0 Å². The van der Waals surface area contributed by atoms with Gasteiger partial charge >= 0.3 is 0 Å². The van der Waals surface area contributed by atoms with Gasteiger partial charge in [-0.1, -0.05) is 17.7 Å². The van der Waals surface area contributed by atoms with Crippen LogP contribution in [-0.4, -0.2) is 14.7 Å². The largest absolute Gasteiger partial charge is 0.388 e. The molecule has 0 fully saturated rings. The van der Waals surface area contributed by atoms with Gasteiger partial charge in [0.05, 0.1) is 11.1 Å². The van der Waals surface area contributed by atoms with E-state index in [-0.39, 0.29) is 0 Å². The summed E-state index contributed by atoms with van der Waals surface area (Å²) in [5.41, 5.74) is 0.830. The molecule has 0 amide bonds. The smallest absolute Gasteiger partial charge is 0.111 e. The number of halogens is 2. The van der Waals surface area contributed by atoms with E-state index in [4.69, 9.17) is 11.6 Å². The van der Waals surface area contributed by atoms with Gasteiger partial charge in [-0.05, 0) is 40.5 Å². The SMILES string of the molecule is CCn1ccnc1CC(O)c1ccc(Cl)c(Br)c1. The zero-order valence-corrected chi connectivity index (χ0v) is 12.3. The summed E-state index contributed by atoms with van der Waals surface area (Å²) >= 11 is 9.29. The van der Waals surface area contributed by atoms with Crippen molar-refractivity contribution in [3.05, 3.63) is 51.5 Å². The van der Waals surface area contributed by atoms with Crippen LogP contribution in [0.5, 0.6) is 0 Å². The molecule has 0 bridgehead atoms. The molecule has 1 unspecified atom stereocenters. The molecular weight excluding hydrogens is 316 g/mol. The molecule has 2 aromatic rings. The molecule has 96 valence electrons. The van der Waals surface area contributed by atoms with Crippen LogP contribution in [0.4, 0.5) is 0 Å². The van der Waals surface area contributed by atoms with Crippen LogP contribution in [0.1, 0.15) is 24.4 Å². The summed E-state index contributed by atoms with van der Waals surface area (Å²) in [4.78, 5) is 4.26. The maximum absolute atomic E-state index is 10.2. The standard InChI is InChI=1S/C13H14BrClN2O/c1-2-17-6-5-16-13(17)8-12(18)9-3-4-11(15)10(14)7-9/h3-7,12,18H,2,8H2,1H3. The van der Waals surface area contributed by atoms with E-state index < -0.39 is 6.10 Å². The van der Waals surface area contributed by atoms with Crippen molar-refractivity contribution in [1.82, 2.24) is 9.55 Å². The number of rotatable bonds is 4. The fourth-order valence-electron chi connectivity index (χ4n) is 1.83. The van der Waals surface area contributed by atoms with Crippen LogP contribution in [0.2, 0.25) is 5.02 Å². The summed E-state index contributed by atoms with van der Waals surface area (Å²) in [6, 6.07) is 5.44. The van der Waals surface area contributed by atoms with Gasteiger partial charge < -0.3 is 9.67 Å². The van der Waals surface area contributed by atoms with Crippen LogP contribution in [0.15, 0.2) is 35.1 Å². The highest BCUT2D eigenvalue weighted by atomic mass is 79.9. The van der Waals surface area contributed by atoms with Crippen molar-refractivity contribution >= 4 is 27.5 Å². The summed E-state index contributed by atoms with van der Waals surface area (Å²) in [5.74, 6) is 0.885. The molecular formula is C13H14BrClN2O. The second-order valence-corrected chi connectivity index (χ2v) is 5.28. The van der Waals surface area contributed by atoms with Gasteiger partial charge in [-0.2, -0.15) is 0 Å². The number of aliphatic hydroxyl groups is 1. The summed E-state index contributed by atoms with van der Waals surface area (Å²) < 4.78 is 2.81. The van der Waals surface area contributed by atoms with E-state index in [1.807, 2.05) is 22.9 Å². The molecule has 0 saturated carbocycles. The number of aromatic nitrogens is 2. The highest BCUT2D eigenvalue weighted by molar-refractivity contribution is 9.10. The van der Waals surface area contributed by atoms with Gasteiger partial charge in [0.2, 0.25) is 0 Å². The zero-order valence-electron chi connectivity index (χ0n) is 9.98. The quantitative estimate of drug-likeness (QED) is 0.931. The van der Waals surface area contributed by atoms with Crippen molar-refractivity contribution in [1.29, 1.82) is 0 Å². The Kier molecular flexibility index (Phi) is 4.43. The Morgan fingerprint density at radius 3 is 2.94 bits per heavy atom. The fourth-order valence-corrected chi connectivity index (χ4v) is 2.34. The lowest BCUT2D eigenvalue weighted by Gasteiger charge is -2.12. The number of imidazole rings is 1. The Balaban J connectivity index is 2.16. The van der Waals surface area contributed by atoms with Crippen molar-refractivity contribution in [3.8, 4) is 0 Å². The van der Waals surface area contributed by atoms with E-state index in [1.165, 1.54) is 0 Å². The number of benzene rings is 1. The van der Waals surface area contributed by atoms with E-state index in [0.29, 0.717) is 11.4 Å². The monoisotopic (exact) mass is 328 g/mol. The predicted molar refractivity (Wildman–Crippen MR) is 75.7 cm³/mol. The first-order valence-corrected chi connectivity index (χ1v) is 6.92. The molecule has 1 aromatic heterocycles. The average Bonchev–Trinajstić information content (AvgIpc) is 2.79. The second kappa shape index (κ2) is 5.87.